The average molecular weight is 210 g/mol. The Bertz CT molecular complexity index is 251. The standard InChI is InChI=1S/C8H12N2.C3H8.C2H6/c1-7-6-9-8-4-2-3-5-10(7)8;1-3-2;1-2/h6H,2-5H2,1H3;3H2,1-2H3;1-2H3. The normalized spacial score (nSPS) is 12.9. The quantitative estimate of drug-likeness (QED) is 0.633. The Hall–Kier alpha value is -0.790. The number of imidazole rings is 1. The first-order chi connectivity index (χ1) is 7.29. The number of nitrogens with zero attached hydrogens (tertiary/aromatic N) is 2. The smallest absolute Gasteiger partial charge is 0.108 e. The van der Waals surface area contributed by atoms with Gasteiger partial charge in [0.1, 0.15) is 5.82 Å². The van der Waals surface area contributed by atoms with Crippen molar-refractivity contribution in [3.8, 4) is 0 Å². The minimum absolute atomic E-state index is 1.17. The highest BCUT2D eigenvalue weighted by Crippen LogP contribution is 2.14. The van der Waals surface area contributed by atoms with E-state index in [0.29, 0.717) is 0 Å². The number of aromatic nitrogens is 2. The topological polar surface area (TPSA) is 17.8 Å². The zero-order valence-corrected chi connectivity index (χ0v) is 11.0. The molecular weight excluding hydrogens is 184 g/mol. The predicted molar refractivity (Wildman–Crippen MR) is 67.2 cm³/mol. The number of rotatable bonds is 0. The molecule has 1 aromatic heterocycles. The van der Waals surface area contributed by atoms with Gasteiger partial charge in [0.25, 0.3) is 0 Å². The molecule has 0 unspecified atom stereocenters. The van der Waals surface area contributed by atoms with Gasteiger partial charge in [-0.25, -0.2) is 4.98 Å². The zero-order chi connectivity index (χ0) is 11.7. The van der Waals surface area contributed by atoms with Crippen LogP contribution in [0.5, 0.6) is 0 Å². The maximum absolute atomic E-state index is 4.32. The largest absolute Gasteiger partial charge is 0.332 e. The van der Waals surface area contributed by atoms with Gasteiger partial charge in [0.2, 0.25) is 0 Å². The Labute approximate surface area is 94.7 Å². The highest BCUT2D eigenvalue weighted by molar-refractivity contribution is 5.04. The Morgan fingerprint density at radius 1 is 1.27 bits per heavy atom. The van der Waals surface area contributed by atoms with Gasteiger partial charge in [-0.2, -0.15) is 0 Å². The molecule has 0 amide bonds. The van der Waals surface area contributed by atoms with Crippen LogP contribution in [-0.4, -0.2) is 9.55 Å². The summed E-state index contributed by atoms with van der Waals surface area (Å²) in [5.74, 6) is 1.28. The Kier molecular flexibility index (Phi) is 8.06. The van der Waals surface area contributed by atoms with E-state index in [1.807, 2.05) is 20.0 Å². The summed E-state index contributed by atoms with van der Waals surface area (Å²) in [7, 11) is 0. The van der Waals surface area contributed by atoms with Crippen molar-refractivity contribution in [1.29, 1.82) is 0 Å². The summed E-state index contributed by atoms with van der Waals surface area (Å²) in [4.78, 5) is 4.32. The van der Waals surface area contributed by atoms with E-state index in [0.717, 1.165) is 0 Å². The van der Waals surface area contributed by atoms with Crippen LogP contribution in [0.2, 0.25) is 0 Å². The Morgan fingerprint density at radius 3 is 2.40 bits per heavy atom. The molecule has 2 rings (SSSR count). The highest BCUT2D eigenvalue weighted by Gasteiger charge is 2.10. The summed E-state index contributed by atoms with van der Waals surface area (Å²) in [5, 5.41) is 0. The molecule has 1 aliphatic rings. The van der Waals surface area contributed by atoms with E-state index in [1.165, 1.54) is 43.7 Å². The van der Waals surface area contributed by atoms with E-state index in [2.05, 4.69) is 30.3 Å². The molecule has 0 N–H and O–H groups in total. The molecule has 0 spiro atoms. The number of fused-ring (bicyclic) bond motifs is 1. The van der Waals surface area contributed by atoms with Crippen LogP contribution in [0.15, 0.2) is 6.20 Å². The Morgan fingerprint density at radius 2 is 1.87 bits per heavy atom. The molecule has 1 aliphatic heterocycles. The number of hydrogen-bond acceptors (Lipinski definition) is 1. The van der Waals surface area contributed by atoms with Crippen molar-refractivity contribution < 1.29 is 0 Å². The van der Waals surface area contributed by atoms with Crippen LogP contribution in [0.1, 0.15) is 58.5 Å². The van der Waals surface area contributed by atoms with Crippen LogP contribution in [0.4, 0.5) is 0 Å². The molecule has 2 heteroatoms. The molecule has 0 fully saturated rings. The second kappa shape index (κ2) is 8.51. The summed E-state index contributed by atoms with van der Waals surface area (Å²) in [5.41, 5.74) is 1.31. The lowest BCUT2D eigenvalue weighted by Crippen LogP contribution is -2.11. The van der Waals surface area contributed by atoms with Gasteiger partial charge in [0.05, 0.1) is 0 Å². The van der Waals surface area contributed by atoms with Crippen LogP contribution in [0, 0.1) is 6.92 Å². The van der Waals surface area contributed by atoms with Gasteiger partial charge in [0, 0.05) is 24.9 Å². The molecule has 0 atom stereocenters. The fraction of sp³-hybridized carbons (Fsp3) is 0.769. The minimum atomic E-state index is 1.17. The molecule has 0 saturated heterocycles. The first-order valence-corrected chi connectivity index (χ1v) is 6.30. The van der Waals surface area contributed by atoms with E-state index in [4.69, 9.17) is 0 Å². The van der Waals surface area contributed by atoms with Crippen molar-refractivity contribution in [2.24, 2.45) is 0 Å². The average Bonchev–Trinajstić information content (AvgIpc) is 2.65. The fourth-order valence-electron chi connectivity index (χ4n) is 1.57. The van der Waals surface area contributed by atoms with Crippen LogP contribution < -0.4 is 0 Å². The summed E-state index contributed by atoms with van der Waals surface area (Å²) in [6.45, 7) is 11.6. The maximum Gasteiger partial charge on any atom is 0.108 e. The molecule has 88 valence electrons. The summed E-state index contributed by atoms with van der Waals surface area (Å²) in [6, 6.07) is 0. The van der Waals surface area contributed by atoms with E-state index >= 15 is 0 Å². The third kappa shape index (κ3) is 4.50. The molecule has 2 nitrogen and oxygen atoms in total. The molecule has 0 aromatic carbocycles. The first-order valence-electron chi connectivity index (χ1n) is 6.30. The minimum Gasteiger partial charge on any atom is -0.332 e. The van der Waals surface area contributed by atoms with E-state index in [-0.39, 0.29) is 0 Å². The number of hydrogen-bond donors (Lipinski definition) is 0. The van der Waals surface area contributed by atoms with Crippen molar-refractivity contribution in [1.82, 2.24) is 9.55 Å². The monoisotopic (exact) mass is 210 g/mol. The van der Waals surface area contributed by atoms with E-state index < -0.39 is 0 Å². The highest BCUT2D eigenvalue weighted by atomic mass is 15.1. The van der Waals surface area contributed by atoms with E-state index in [9.17, 15) is 0 Å². The van der Waals surface area contributed by atoms with Crippen LogP contribution in [0.25, 0.3) is 0 Å². The lowest BCUT2D eigenvalue weighted by molar-refractivity contribution is 0.514. The van der Waals surface area contributed by atoms with Gasteiger partial charge in [-0.15, -0.1) is 0 Å². The molecule has 0 bridgehead atoms. The van der Waals surface area contributed by atoms with Crippen molar-refractivity contribution in [3.05, 3.63) is 17.7 Å². The fourth-order valence-corrected chi connectivity index (χ4v) is 1.57. The van der Waals surface area contributed by atoms with E-state index in [1.54, 1.807) is 0 Å². The van der Waals surface area contributed by atoms with Crippen molar-refractivity contribution in [3.63, 3.8) is 0 Å². The van der Waals surface area contributed by atoms with Gasteiger partial charge < -0.3 is 4.57 Å². The van der Waals surface area contributed by atoms with Gasteiger partial charge in [-0.3, -0.25) is 0 Å². The van der Waals surface area contributed by atoms with Crippen molar-refractivity contribution in [2.75, 3.05) is 0 Å². The second-order valence-corrected chi connectivity index (χ2v) is 3.63. The molecule has 1 aromatic rings. The predicted octanol–water partition coefficient (Wildman–Crippen LogP) is 3.97. The van der Waals surface area contributed by atoms with Gasteiger partial charge in [-0.05, 0) is 19.8 Å². The number of aryl methyl sites for hydroxylation is 2. The van der Waals surface area contributed by atoms with Crippen LogP contribution in [-0.2, 0) is 13.0 Å². The summed E-state index contributed by atoms with van der Waals surface area (Å²) >= 11 is 0. The molecule has 0 radical (unpaired) electrons. The molecule has 0 saturated carbocycles. The van der Waals surface area contributed by atoms with Crippen molar-refractivity contribution >= 4 is 0 Å². The first kappa shape index (κ1) is 14.2. The van der Waals surface area contributed by atoms with Gasteiger partial charge in [0.15, 0.2) is 0 Å². The summed E-state index contributed by atoms with van der Waals surface area (Å²) < 4.78 is 2.32. The van der Waals surface area contributed by atoms with Gasteiger partial charge in [-0.1, -0.05) is 34.1 Å². The molecular formula is C13H26N2. The second-order valence-electron chi connectivity index (χ2n) is 3.63. The Balaban J connectivity index is 0.000000342. The van der Waals surface area contributed by atoms with Crippen LogP contribution in [0.3, 0.4) is 0 Å². The molecule has 0 aliphatic carbocycles. The third-order valence-corrected chi connectivity index (χ3v) is 2.17. The van der Waals surface area contributed by atoms with Crippen molar-refractivity contribution in [2.45, 2.75) is 66.8 Å². The molecule has 2 heterocycles. The SMILES string of the molecule is CC.CCC.Cc1cnc2n1CCCC2. The third-order valence-electron chi connectivity index (χ3n) is 2.17. The maximum atomic E-state index is 4.32. The summed E-state index contributed by atoms with van der Waals surface area (Å²) in [6.07, 6.45) is 7.04. The molecule has 15 heavy (non-hydrogen) atoms. The van der Waals surface area contributed by atoms with Gasteiger partial charge >= 0.3 is 0 Å². The lowest BCUT2D eigenvalue weighted by atomic mass is 10.2. The lowest BCUT2D eigenvalue weighted by Gasteiger charge is -2.14. The van der Waals surface area contributed by atoms with Crippen LogP contribution >= 0.6 is 0 Å². The zero-order valence-electron chi connectivity index (χ0n) is 11.0.